The number of hydrogen-bond acceptors (Lipinski definition) is 4. The molecule has 0 amide bonds. The molecule has 2 aromatic rings. The number of nitrogens with zero attached hydrogens (tertiary/aromatic N) is 1. The predicted molar refractivity (Wildman–Crippen MR) is 79.1 cm³/mol. The summed E-state index contributed by atoms with van der Waals surface area (Å²) in [5, 5.41) is 3.19. The maximum absolute atomic E-state index is 5.67. The molecule has 0 saturated heterocycles. The molecule has 1 N–H and O–H groups in total. The molecule has 1 aromatic carbocycles. The maximum Gasteiger partial charge on any atom is 0.399 e. The van der Waals surface area contributed by atoms with E-state index >= 15 is 0 Å². The Balaban J connectivity index is 2.08. The summed E-state index contributed by atoms with van der Waals surface area (Å²) < 4.78 is 11.0. The number of ether oxygens (including phenoxy) is 1. The average Bonchev–Trinajstić information content (AvgIpc) is 2.83. The Morgan fingerprint density at radius 1 is 1.30 bits per heavy atom. The van der Waals surface area contributed by atoms with Crippen molar-refractivity contribution in [1.82, 2.24) is 10.3 Å². The minimum atomic E-state index is 0.0895. The van der Waals surface area contributed by atoms with Crippen molar-refractivity contribution in [3.05, 3.63) is 41.8 Å². The van der Waals surface area contributed by atoms with Gasteiger partial charge in [-0.2, -0.15) is 4.98 Å². The van der Waals surface area contributed by atoms with Crippen LogP contribution < -0.4 is 10.1 Å². The minimum Gasteiger partial charge on any atom is -0.417 e. The number of benzene rings is 1. The van der Waals surface area contributed by atoms with Crippen molar-refractivity contribution in [1.29, 1.82) is 0 Å². The fraction of sp³-hybridized carbons (Fsp3) is 0.438. The Kier molecular flexibility index (Phi) is 4.45. The largest absolute Gasteiger partial charge is 0.417 e. The van der Waals surface area contributed by atoms with Crippen LogP contribution in [0.25, 0.3) is 0 Å². The Morgan fingerprint density at radius 3 is 2.80 bits per heavy atom. The molecule has 108 valence electrons. The lowest BCUT2D eigenvalue weighted by atomic mass is 9.87. The van der Waals surface area contributed by atoms with Crippen molar-refractivity contribution in [2.75, 3.05) is 6.54 Å². The Labute approximate surface area is 120 Å². The molecule has 0 spiro atoms. The van der Waals surface area contributed by atoms with Gasteiger partial charge in [-0.25, -0.2) is 0 Å². The maximum atomic E-state index is 5.67. The molecule has 4 heteroatoms. The summed E-state index contributed by atoms with van der Waals surface area (Å²) in [6, 6.07) is 8.01. The van der Waals surface area contributed by atoms with Gasteiger partial charge in [0.15, 0.2) is 0 Å². The van der Waals surface area contributed by atoms with Crippen LogP contribution in [-0.2, 0) is 12.0 Å². The van der Waals surface area contributed by atoms with Crippen LogP contribution in [0.3, 0.4) is 0 Å². The first-order valence-corrected chi connectivity index (χ1v) is 6.92. The first-order valence-electron chi connectivity index (χ1n) is 6.92. The highest BCUT2D eigenvalue weighted by atomic mass is 16.6. The molecule has 0 aliphatic heterocycles. The van der Waals surface area contributed by atoms with Crippen molar-refractivity contribution in [3.63, 3.8) is 0 Å². The SMILES string of the molecule is CCNCc1coc(Oc2cccc(C(C)(C)C)c2)n1. The average molecular weight is 274 g/mol. The van der Waals surface area contributed by atoms with E-state index in [9.17, 15) is 0 Å². The van der Waals surface area contributed by atoms with Crippen LogP contribution in [0.4, 0.5) is 0 Å². The molecular weight excluding hydrogens is 252 g/mol. The molecule has 0 fully saturated rings. The van der Waals surface area contributed by atoms with Gasteiger partial charge >= 0.3 is 6.08 Å². The number of aromatic nitrogens is 1. The molecule has 0 aliphatic rings. The summed E-state index contributed by atoms with van der Waals surface area (Å²) in [5.74, 6) is 0.745. The molecule has 20 heavy (non-hydrogen) atoms. The molecule has 2 rings (SSSR count). The molecule has 1 aromatic heterocycles. The van der Waals surface area contributed by atoms with Crippen LogP contribution in [-0.4, -0.2) is 11.5 Å². The van der Waals surface area contributed by atoms with E-state index in [1.807, 2.05) is 18.2 Å². The Bertz CT molecular complexity index is 556. The molecule has 4 nitrogen and oxygen atoms in total. The van der Waals surface area contributed by atoms with Gasteiger partial charge in [0.05, 0.1) is 5.69 Å². The van der Waals surface area contributed by atoms with Crippen LogP contribution in [0, 0.1) is 0 Å². The van der Waals surface area contributed by atoms with Gasteiger partial charge in [-0.15, -0.1) is 0 Å². The third-order valence-electron chi connectivity index (χ3n) is 2.99. The molecule has 0 atom stereocenters. The van der Waals surface area contributed by atoms with Crippen molar-refractivity contribution in [3.8, 4) is 11.8 Å². The quantitative estimate of drug-likeness (QED) is 0.899. The number of hydrogen-bond donors (Lipinski definition) is 1. The van der Waals surface area contributed by atoms with Gasteiger partial charge < -0.3 is 14.5 Å². The van der Waals surface area contributed by atoms with Crippen molar-refractivity contribution in [2.45, 2.75) is 39.7 Å². The van der Waals surface area contributed by atoms with Gasteiger partial charge in [0.2, 0.25) is 0 Å². The third kappa shape index (κ3) is 3.84. The Hall–Kier alpha value is -1.81. The lowest BCUT2D eigenvalue weighted by Gasteiger charge is -2.19. The van der Waals surface area contributed by atoms with Crippen molar-refractivity contribution < 1.29 is 9.15 Å². The highest BCUT2D eigenvalue weighted by molar-refractivity contribution is 5.33. The summed E-state index contributed by atoms with van der Waals surface area (Å²) in [6.45, 7) is 10.2. The van der Waals surface area contributed by atoms with Gasteiger partial charge in [0, 0.05) is 6.54 Å². The fourth-order valence-corrected chi connectivity index (χ4v) is 1.80. The molecule has 0 saturated carbocycles. The van der Waals surface area contributed by atoms with Crippen molar-refractivity contribution in [2.24, 2.45) is 0 Å². The Morgan fingerprint density at radius 2 is 2.10 bits per heavy atom. The van der Waals surface area contributed by atoms with Gasteiger partial charge in [0.1, 0.15) is 12.0 Å². The zero-order valence-electron chi connectivity index (χ0n) is 12.6. The lowest BCUT2D eigenvalue weighted by Crippen LogP contribution is -2.11. The normalized spacial score (nSPS) is 11.6. The summed E-state index contributed by atoms with van der Waals surface area (Å²) in [7, 11) is 0. The summed E-state index contributed by atoms with van der Waals surface area (Å²) in [5.41, 5.74) is 2.15. The first-order chi connectivity index (χ1) is 9.49. The second-order valence-electron chi connectivity index (χ2n) is 5.76. The standard InChI is InChI=1S/C16H22N2O2/c1-5-17-10-13-11-19-15(18-13)20-14-8-6-7-12(9-14)16(2,3)4/h6-9,11,17H,5,10H2,1-4H3. The molecule has 0 bridgehead atoms. The van der Waals surface area contributed by atoms with Gasteiger partial charge in [-0.1, -0.05) is 39.8 Å². The fourth-order valence-electron chi connectivity index (χ4n) is 1.80. The third-order valence-corrected chi connectivity index (χ3v) is 2.99. The second kappa shape index (κ2) is 6.09. The van der Waals surface area contributed by atoms with E-state index in [1.165, 1.54) is 5.56 Å². The molecule has 0 unspecified atom stereocenters. The highest BCUT2D eigenvalue weighted by Gasteiger charge is 2.14. The van der Waals surface area contributed by atoms with Crippen LogP contribution in [0.2, 0.25) is 0 Å². The molecule has 1 heterocycles. The van der Waals surface area contributed by atoms with Crippen LogP contribution in [0.5, 0.6) is 11.8 Å². The van der Waals surface area contributed by atoms with Gasteiger partial charge in [-0.05, 0) is 29.7 Å². The predicted octanol–water partition coefficient (Wildman–Crippen LogP) is 3.87. The monoisotopic (exact) mass is 274 g/mol. The number of rotatable bonds is 5. The first kappa shape index (κ1) is 14.6. The lowest BCUT2D eigenvalue weighted by molar-refractivity contribution is 0.330. The van der Waals surface area contributed by atoms with E-state index in [2.05, 4.69) is 44.1 Å². The van der Waals surface area contributed by atoms with Crippen LogP contribution in [0.1, 0.15) is 39.0 Å². The van der Waals surface area contributed by atoms with E-state index in [4.69, 9.17) is 9.15 Å². The van der Waals surface area contributed by atoms with Crippen LogP contribution >= 0.6 is 0 Å². The summed E-state index contributed by atoms with van der Waals surface area (Å²) in [6.07, 6.45) is 1.90. The van der Waals surface area contributed by atoms with E-state index in [1.54, 1.807) is 6.26 Å². The van der Waals surface area contributed by atoms with Gasteiger partial charge in [0.25, 0.3) is 0 Å². The smallest absolute Gasteiger partial charge is 0.399 e. The van der Waals surface area contributed by atoms with E-state index in [-0.39, 0.29) is 11.5 Å². The van der Waals surface area contributed by atoms with E-state index in [0.717, 1.165) is 18.0 Å². The second-order valence-corrected chi connectivity index (χ2v) is 5.76. The highest BCUT2D eigenvalue weighted by Crippen LogP contribution is 2.28. The number of oxazole rings is 1. The van der Waals surface area contributed by atoms with Crippen molar-refractivity contribution >= 4 is 0 Å². The number of nitrogens with one attached hydrogen (secondary N) is 1. The molecular formula is C16H22N2O2. The van der Waals surface area contributed by atoms with Crippen LogP contribution in [0.15, 0.2) is 34.9 Å². The van der Waals surface area contributed by atoms with E-state index < -0.39 is 0 Å². The molecule has 0 aliphatic carbocycles. The zero-order valence-corrected chi connectivity index (χ0v) is 12.6. The molecule has 0 radical (unpaired) electrons. The van der Waals surface area contributed by atoms with Gasteiger partial charge in [-0.3, -0.25) is 0 Å². The minimum absolute atomic E-state index is 0.0895. The summed E-state index contributed by atoms with van der Waals surface area (Å²) in [4.78, 5) is 4.28. The van der Waals surface area contributed by atoms with E-state index in [0.29, 0.717) is 6.54 Å². The summed E-state index contributed by atoms with van der Waals surface area (Å²) >= 11 is 0. The zero-order chi connectivity index (χ0) is 14.6. The topological polar surface area (TPSA) is 47.3 Å².